The van der Waals surface area contributed by atoms with Crippen molar-refractivity contribution in [1.29, 1.82) is 0 Å². The van der Waals surface area contributed by atoms with Gasteiger partial charge in [0, 0.05) is 5.69 Å². The second-order valence-corrected chi connectivity index (χ2v) is 4.04. The molecule has 0 spiro atoms. The van der Waals surface area contributed by atoms with E-state index in [0.29, 0.717) is 5.15 Å². The van der Waals surface area contributed by atoms with Crippen LogP contribution in [0.3, 0.4) is 0 Å². The minimum atomic E-state index is 0.473. The lowest BCUT2D eigenvalue weighted by Crippen LogP contribution is -1.96. The van der Waals surface area contributed by atoms with Gasteiger partial charge in [-0.2, -0.15) is 0 Å². The summed E-state index contributed by atoms with van der Waals surface area (Å²) in [6, 6.07) is 11.3. The van der Waals surface area contributed by atoms with E-state index in [1.165, 1.54) is 0 Å². The summed E-state index contributed by atoms with van der Waals surface area (Å²) in [4.78, 5) is 4.18. The molecule has 0 saturated carbocycles. The third kappa shape index (κ3) is 2.88. The van der Waals surface area contributed by atoms with Crippen LogP contribution in [0.15, 0.2) is 36.4 Å². The number of nitrogens with one attached hydrogen (secondary N) is 1. The van der Waals surface area contributed by atoms with Gasteiger partial charge in [-0.1, -0.05) is 17.7 Å². The highest BCUT2D eigenvalue weighted by atomic mass is 35.5. The third-order valence-electron chi connectivity index (χ3n) is 2.41. The highest BCUT2D eigenvalue weighted by Gasteiger charge is 2.02. The Morgan fingerprint density at radius 2 is 2.06 bits per heavy atom. The van der Waals surface area contributed by atoms with E-state index in [1.54, 1.807) is 13.2 Å². The topological polar surface area (TPSA) is 34.1 Å². The Balaban J connectivity index is 2.24. The number of hydrogen-bond donors (Lipinski definition) is 1. The molecule has 0 aliphatic rings. The summed E-state index contributed by atoms with van der Waals surface area (Å²) < 4.78 is 5.15. The Kier molecular flexibility index (Phi) is 3.49. The minimum Gasteiger partial charge on any atom is -0.497 e. The molecule has 1 aromatic carbocycles. The van der Waals surface area contributed by atoms with Gasteiger partial charge in [0.2, 0.25) is 0 Å². The maximum atomic E-state index is 5.83. The van der Waals surface area contributed by atoms with Gasteiger partial charge in [0.15, 0.2) is 0 Å². The molecule has 0 atom stereocenters. The normalized spacial score (nSPS) is 10.1. The number of benzene rings is 1. The van der Waals surface area contributed by atoms with Crippen molar-refractivity contribution >= 4 is 23.1 Å². The van der Waals surface area contributed by atoms with E-state index < -0.39 is 0 Å². The van der Waals surface area contributed by atoms with Gasteiger partial charge < -0.3 is 10.1 Å². The zero-order valence-corrected chi connectivity index (χ0v) is 10.5. The van der Waals surface area contributed by atoms with Crippen molar-refractivity contribution in [2.45, 2.75) is 6.92 Å². The van der Waals surface area contributed by atoms with Crippen LogP contribution in [0, 0.1) is 6.92 Å². The maximum Gasteiger partial charge on any atom is 0.132 e. The van der Waals surface area contributed by atoms with Crippen LogP contribution in [0.2, 0.25) is 5.15 Å². The van der Waals surface area contributed by atoms with Gasteiger partial charge >= 0.3 is 0 Å². The Labute approximate surface area is 105 Å². The second-order valence-electron chi connectivity index (χ2n) is 3.65. The number of methoxy groups -OCH3 is 1. The number of ether oxygens (including phenoxy) is 1. The van der Waals surface area contributed by atoms with E-state index in [2.05, 4.69) is 10.3 Å². The molecule has 3 nitrogen and oxygen atoms in total. The van der Waals surface area contributed by atoms with E-state index in [9.17, 15) is 0 Å². The van der Waals surface area contributed by atoms with Gasteiger partial charge in [-0.05, 0) is 42.8 Å². The van der Waals surface area contributed by atoms with E-state index in [1.807, 2.05) is 37.3 Å². The van der Waals surface area contributed by atoms with Gasteiger partial charge in [0.1, 0.15) is 16.7 Å². The largest absolute Gasteiger partial charge is 0.497 e. The highest BCUT2D eigenvalue weighted by Crippen LogP contribution is 2.24. The summed E-state index contributed by atoms with van der Waals surface area (Å²) in [5.41, 5.74) is 2.08. The number of pyridine rings is 1. The standard InChI is InChI=1S/C13H13ClN2O/c1-9-8-10(17-2)6-7-11(9)15-13-5-3-4-12(14)16-13/h3-8H,1-2H3,(H,15,16). The fourth-order valence-corrected chi connectivity index (χ4v) is 1.68. The molecule has 2 aromatic rings. The number of aryl methyl sites for hydroxylation is 1. The predicted molar refractivity (Wildman–Crippen MR) is 70.3 cm³/mol. The van der Waals surface area contributed by atoms with Crippen LogP contribution in [0.1, 0.15) is 5.56 Å². The molecule has 0 radical (unpaired) electrons. The molecule has 1 N–H and O–H groups in total. The molecule has 2 rings (SSSR count). The Morgan fingerprint density at radius 1 is 1.24 bits per heavy atom. The average molecular weight is 249 g/mol. The van der Waals surface area contributed by atoms with Crippen molar-refractivity contribution < 1.29 is 4.74 Å². The summed E-state index contributed by atoms with van der Waals surface area (Å²) in [5, 5.41) is 3.69. The molecule has 0 amide bonds. The Morgan fingerprint density at radius 3 is 2.71 bits per heavy atom. The van der Waals surface area contributed by atoms with Crippen LogP contribution in [-0.2, 0) is 0 Å². The van der Waals surface area contributed by atoms with Crippen molar-refractivity contribution in [2.24, 2.45) is 0 Å². The average Bonchev–Trinajstić information content (AvgIpc) is 2.32. The van der Waals surface area contributed by atoms with Gasteiger partial charge in [-0.25, -0.2) is 4.98 Å². The van der Waals surface area contributed by atoms with E-state index in [4.69, 9.17) is 16.3 Å². The first-order valence-electron chi connectivity index (χ1n) is 5.23. The summed E-state index contributed by atoms with van der Waals surface area (Å²) in [5.74, 6) is 1.57. The quantitative estimate of drug-likeness (QED) is 0.839. The van der Waals surface area contributed by atoms with Crippen molar-refractivity contribution in [1.82, 2.24) is 4.98 Å². The lowest BCUT2D eigenvalue weighted by molar-refractivity contribution is 0.414. The van der Waals surface area contributed by atoms with Gasteiger partial charge in [0.25, 0.3) is 0 Å². The summed E-state index contributed by atoms with van der Waals surface area (Å²) >= 11 is 5.83. The number of anilines is 2. The zero-order chi connectivity index (χ0) is 12.3. The number of rotatable bonds is 3. The van der Waals surface area contributed by atoms with Crippen LogP contribution in [0.4, 0.5) is 11.5 Å². The molecule has 0 aliphatic heterocycles. The first-order chi connectivity index (χ1) is 8.19. The fraction of sp³-hybridized carbons (Fsp3) is 0.154. The molecule has 0 bridgehead atoms. The molecule has 0 saturated heterocycles. The monoisotopic (exact) mass is 248 g/mol. The number of nitrogens with zero attached hydrogens (tertiary/aromatic N) is 1. The van der Waals surface area contributed by atoms with E-state index in [-0.39, 0.29) is 0 Å². The molecule has 0 fully saturated rings. The molecule has 1 aromatic heterocycles. The predicted octanol–water partition coefficient (Wildman–Crippen LogP) is 3.80. The second kappa shape index (κ2) is 5.06. The van der Waals surface area contributed by atoms with Crippen molar-refractivity contribution in [3.63, 3.8) is 0 Å². The van der Waals surface area contributed by atoms with Crippen LogP contribution in [0.25, 0.3) is 0 Å². The van der Waals surface area contributed by atoms with Gasteiger partial charge in [-0.15, -0.1) is 0 Å². The third-order valence-corrected chi connectivity index (χ3v) is 2.62. The van der Waals surface area contributed by atoms with Crippen LogP contribution < -0.4 is 10.1 Å². The van der Waals surface area contributed by atoms with Crippen molar-refractivity contribution in [3.8, 4) is 5.75 Å². The Bertz CT molecular complexity index is 529. The number of hydrogen-bond acceptors (Lipinski definition) is 3. The van der Waals surface area contributed by atoms with E-state index >= 15 is 0 Å². The maximum absolute atomic E-state index is 5.83. The van der Waals surface area contributed by atoms with E-state index in [0.717, 1.165) is 22.8 Å². The minimum absolute atomic E-state index is 0.473. The number of aromatic nitrogens is 1. The van der Waals surface area contributed by atoms with Crippen LogP contribution in [-0.4, -0.2) is 12.1 Å². The fourth-order valence-electron chi connectivity index (χ4n) is 1.52. The molecular formula is C13H13ClN2O. The molecule has 4 heteroatoms. The molecule has 0 aliphatic carbocycles. The highest BCUT2D eigenvalue weighted by molar-refractivity contribution is 6.29. The van der Waals surface area contributed by atoms with Crippen LogP contribution in [0.5, 0.6) is 5.75 Å². The summed E-state index contributed by atoms with van der Waals surface area (Å²) in [6.07, 6.45) is 0. The molecule has 0 unspecified atom stereocenters. The molecule has 17 heavy (non-hydrogen) atoms. The summed E-state index contributed by atoms with van der Waals surface area (Å²) in [7, 11) is 1.65. The lowest BCUT2D eigenvalue weighted by Gasteiger charge is -2.10. The molecule has 88 valence electrons. The van der Waals surface area contributed by atoms with Gasteiger partial charge in [-0.3, -0.25) is 0 Å². The Hall–Kier alpha value is -1.74. The number of halogens is 1. The molecular weight excluding hydrogens is 236 g/mol. The first kappa shape index (κ1) is 11.7. The van der Waals surface area contributed by atoms with Crippen molar-refractivity contribution in [3.05, 3.63) is 47.1 Å². The summed E-state index contributed by atoms with van der Waals surface area (Å²) in [6.45, 7) is 2.01. The molecule has 1 heterocycles. The lowest BCUT2D eigenvalue weighted by atomic mass is 10.2. The SMILES string of the molecule is COc1ccc(Nc2cccc(Cl)n2)c(C)c1. The van der Waals surface area contributed by atoms with Crippen LogP contribution >= 0.6 is 11.6 Å². The smallest absolute Gasteiger partial charge is 0.132 e. The van der Waals surface area contributed by atoms with Crippen molar-refractivity contribution in [2.75, 3.05) is 12.4 Å². The van der Waals surface area contributed by atoms with Gasteiger partial charge in [0.05, 0.1) is 7.11 Å². The first-order valence-corrected chi connectivity index (χ1v) is 5.61. The zero-order valence-electron chi connectivity index (χ0n) is 9.70.